The zero-order valence-corrected chi connectivity index (χ0v) is 16.3. The molecule has 0 aliphatic heterocycles. The van der Waals surface area contributed by atoms with Crippen LogP contribution >= 0.6 is 0 Å². The van der Waals surface area contributed by atoms with E-state index < -0.39 is 16.7 Å². The molecule has 2 amide bonds. The maximum Gasteiger partial charge on any atom is 0.269 e. The highest BCUT2D eigenvalue weighted by molar-refractivity contribution is 5.99. The number of nitrogens with one attached hydrogen (secondary N) is 2. The minimum Gasteiger partial charge on any atom is -0.490 e. The fourth-order valence-electron chi connectivity index (χ4n) is 2.36. The van der Waals surface area contributed by atoms with E-state index in [-0.39, 0.29) is 16.8 Å². The Bertz CT molecular complexity index is 867. The molecule has 0 spiro atoms. The fraction of sp³-hybridized carbons (Fsp3) is 0.300. The van der Waals surface area contributed by atoms with E-state index in [4.69, 9.17) is 9.47 Å². The third-order valence-corrected chi connectivity index (χ3v) is 3.89. The summed E-state index contributed by atoms with van der Waals surface area (Å²) in [4.78, 5) is 34.5. The molecule has 0 aromatic heterocycles. The number of amides is 2. The molecule has 0 bridgehead atoms. The molecule has 9 nitrogen and oxygen atoms in total. The molecule has 0 unspecified atom stereocenters. The summed E-state index contributed by atoms with van der Waals surface area (Å²) in [5.41, 5.74) is 4.90. The molecule has 0 saturated carbocycles. The van der Waals surface area contributed by atoms with Crippen LogP contribution in [0.3, 0.4) is 0 Å². The Kier molecular flexibility index (Phi) is 7.96. The van der Waals surface area contributed by atoms with Gasteiger partial charge in [-0.3, -0.25) is 30.6 Å². The second-order valence-electron chi connectivity index (χ2n) is 6.01. The number of hydrogen-bond donors (Lipinski definition) is 2. The molecule has 2 rings (SSSR count). The van der Waals surface area contributed by atoms with Gasteiger partial charge in [-0.25, -0.2) is 0 Å². The molecule has 0 atom stereocenters. The fourth-order valence-corrected chi connectivity index (χ4v) is 2.36. The van der Waals surface area contributed by atoms with Gasteiger partial charge in [0.1, 0.15) is 0 Å². The molecule has 0 heterocycles. The van der Waals surface area contributed by atoms with Gasteiger partial charge in [0, 0.05) is 23.3 Å². The van der Waals surface area contributed by atoms with Crippen molar-refractivity contribution in [3.63, 3.8) is 0 Å². The molecule has 29 heavy (non-hydrogen) atoms. The predicted octanol–water partition coefficient (Wildman–Crippen LogP) is 3.25. The van der Waals surface area contributed by atoms with Crippen molar-refractivity contribution in [2.45, 2.75) is 26.7 Å². The molecule has 2 aromatic rings. The lowest BCUT2D eigenvalue weighted by Gasteiger charge is -2.13. The molecule has 2 aromatic carbocycles. The quantitative estimate of drug-likeness (QED) is 0.378. The number of hydrogen-bond acceptors (Lipinski definition) is 6. The van der Waals surface area contributed by atoms with Crippen molar-refractivity contribution in [1.29, 1.82) is 0 Å². The first-order valence-corrected chi connectivity index (χ1v) is 9.21. The second-order valence-corrected chi connectivity index (χ2v) is 6.01. The topological polar surface area (TPSA) is 120 Å². The van der Waals surface area contributed by atoms with Crippen LogP contribution in [0.15, 0.2) is 42.5 Å². The van der Waals surface area contributed by atoms with E-state index in [0.29, 0.717) is 24.7 Å². The van der Waals surface area contributed by atoms with Gasteiger partial charge < -0.3 is 9.47 Å². The van der Waals surface area contributed by atoms with Gasteiger partial charge in [0.2, 0.25) is 0 Å². The van der Waals surface area contributed by atoms with Gasteiger partial charge in [0.15, 0.2) is 11.5 Å². The van der Waals surface area contributed by atoms with E-state index in [1.54, 1.807) is 12.1 Å². The van der Waals surface area contributed by atoms with Gasteiger partial charge in [-0.05, 0) is 43.7 Å². The highest BCUT2D eigenvalue weighted by Gasteiger charge is 2.14. The lowest BCUT2D eigenvalue weighted by molar-refractivity contribution is -0.384. The van der Waals surface area contributed by atoms with Crippen LogP contribution < -0.4 is 20.3 Å². The molecular weight excluding hydrogens is 378 g/mol. The first-order valence-electron chi connectivity index (χ1n) is 9.21. The number of rotatable bonds is 9. The first kappa shape index (κ1) is 21.7. The van der Waals surface area contributed by atoms with Crippen molar-refractivity contribution in [3.05, 3.63) is 63.7 Å². The number of carbonyl (C=O) groups excluding carboxylic acids is 2. The Hall–Kier alpha value is -3.62. The van der Waals surface area contributed by atoms with Gasteiger partial charge in [-0.15, -0.1) is 0 Å². The zero-order valence-electron chi connectivity index (χ0n) is 16.3. The van der Waals surface area contributed by atoms with Crippen LogP contribution in [0.5, 0.6) is 11.5 Å². The van der Waals surface area contributed by atoms with Crippen molar-refractivity contribution in [2.75, 3.05) is 13.2 Å². The number of non-ortho nitro benzene ring substituents is 1. The molecule has 0 aliphatic carbocycles. The Labute approximate surface area is 168 Å². The Morgan fingerprint density at radius 2 is 1.55 bits per heavy atom. The molecule has 2 N–H and O–H groups in total. The average molecular weight is 401 g/mol. The monoisotopic (exact) mass is 401 g/mol. The van der Waals surface area contributed by atoms with Gasteiger partial charge >= 0.3 is 0 Å². The summed E-state index contributed by atoms with van der Waals surface area (Å²) in [6.45, 7) is 4.84. The lowest BCUT2D eigenvalue weighted by atomic mass is 10.2. The average Bonchev–Trinajstić information content (AvgIpc) is 2.73. The minimum atomic E-state index is -0.599. The van der Waals surface area contributed by atoms with Crippen LogP contribution in [0.4, 0.5) is 5.69 Å². The molecule has 0 aliphatic rings. The number of unbranched alkanes of at least 4 members (excludes halogenated alkanes) is 1. The Morgan fingerprint density at radius 3 is 2.14 bits per heavy atom. The van der Waals surface area contributed by atoms with Gasteiger partial charge in [-0.1, -0.05) is 13.3 Å². The number of hydrazine groups is 1. The predicted molar refractivity (Wildman–Crippen MR) is 106 cm³/mol. The van der Waals surface area contributed by atoms with Gasteiger partial charge in [-0.2, -0.15) is 0 Å². The lowest BCUT2D eigenvalue weighted by Crippen LogP contribution is -2.41. The number of nitro benzene ring substituents is 1. The molecule has 9 heteroatoms. The van der Waals surface area contributed by atoms with E-state index in [2.05, 4.69) is 17.8 Å². The summed E-state index contributed by atoms with van der Waals surface area (Å²) in [5.74, 6) is -0.149. The highest BCUT2D eigenvalue weighted by Crippen LogP contribution is 2.28. The third kappa shape index (κ3) is 6.20. The maximum absolute atomic E-state index is 12.3. The number of carbonyl (C=O) groups is 2. The van der Waals surface area contributed by atoms with Crippen molar-refractivity contribution in [1.82, 2.24) is 10.9 Å². The van der Waals surface area contributed by atoms with Crippen LogP contribution in [-0.2, 0) is 0 Å². The van der Waals surface area contributed by atoms with Gasteiger partial charge in [0.05, 0.1) is 18.1 Å². The summed E-state index contributed by atoms with van der Waals surface area (Å²) < 4.78 is 11.2. The van der Waals surface area contributed by atoms with Crippen LogP contribution in [-0.4, -0.2) is 30.0 Å². The second kappa shape index (κ2) is 10.6. The summed E-state index contributed by atoms with van der Waals surface area (Å²) >= 11 is 0. The van der Waals surface area contributed by atoms with Crippen LogP contribution in [0.2, 0.25) is 0 Å². The van der Waals surface area contributed by atoms with Crippen LogP contribution in [0.25, 0.3) is 0 Å². The molecule has 154 valence electrons. The molecule has 0 radical (unpaired) electrons. The first-order chi connectivity index (χ1) is 14.0. The van der Waals surface area contributed by atoms with E-state index in [0.717, 1.165) is 12.8 Å². The number of benzene rings is 2. The van der Waals surface area contributed by atoms with Crippen LogP contribution in [0.1, 0.15) is 47.4 Å². The van der Waals surface area contributed by atoms with E-state index in [9.17, 15) is 19.7 Å². The summed E-state index contributed by atoms with van der Waals surface area (Å²) in [5, 5.41) is 10.7. The smallest absolute Gasteiger partial charge is 0.269 e. The molecule has 0 fully saturated rings. The number of nitro groups is 1. The van der Waals surface area contributed by atoms with Crippen molar-refractivity contribution >= 4 is 17.5 Å². The van der Waals surface area contributed by atoms with Gasteiger partial charge in [0.25, 0.3) is 17.5 Å². The number of ether oxygens (including phenoxy) is 2. The van der Waals surface area contributed by atoms with Crippen molar-refractivity contribution in [3.8, 4) is 11.5 Å². The molecular formula is C20H23N3O6. The minimum absolute atomic E-state index is 0.129. The summed E-state index contributed by atoms with van der Waals surface area (Å²) in [7, 11) is 0. The third-order valence-electron chi connectivity index (χ3n) is 3.89. The van der Waals surface area contributed by atoms with E-state index >= 15 is 0 Å². The van der Waals surface area contributed by atoms with Crippen LogP contribution in [0, 0.1) is 10.1 Å². The zero-order chi connectivity index (χ0) is 21.2. The summed E-state index contributed by atoms with van der Waals surface area (Å²) in [6.07, 6.45) is 1.90. The largest absolute Gasteiger partial charge is 0.490 e. The highest BCUT2D eigenvalue weighted by atomic mass is 16.6. The SMILES string of the molecule is CCCCOc1ccc(C(=O)NNC(=O)c2ccc([N+](=O)[O-])cc2)cc1OCC. The van der Waals surface area contributed by atoms with Crippen molar-refractivity contribution in [2.24, 2.45) is 0 Å². The van der Waals surface area contributed by atoms with E-state index in [1.165, 1.54) is 30.3 Å². The molecule has 0 saturated heterocycles. The Morgan fingerprint density at radius 1 is 0.931 bits per heavy atom. The maximum atomic E-state index is 12.3. The normalized spacial score (nSPS) is 10.1. The van der Waals surface area contributed by atoms with Crippen molar-refractivity contribution < 1.29 is 24.0 Å². The van der Waals surface area contributed by atoms with E-state index in [1.807, 2.05) is 6.92 Å². The standard InChI is InChI=1S/C20H23N3O6/c1-3-5-12-29-17-11-8-15(13-18(17)28-4-2)20(25)22-21-19(24)14-6-9-16(10-7-14)23(26)27/h6-11,13H,3-5,12H2,1-2H3,(H,21,24)(H,22,25). The number of nitrogens with zero attached hydrogens (tertiary/aromatic N) is 1. The Balaban J connectivity index is 2.01. The summed E-state index contributed by atoms with van der Waals surface area (Å²) in [6, 6.07) is 9.78.